The van der Waals surface area contributed by atoms with Gasteiger partial charge < -0.3 is 10.3 Å². The number of hydrogen-bond donors (Lipinski definition) is 3. The Morgan fingerprint density at radius 3 is 2.58 bits per heavy atom. The predicted octanol–water partition coefficient (Wildman–Crippen LogP) is 1.93. The molecule has 0 radical (unpaired) electrons. The van der Waals surface area contributed by atoms with Gasteiger partial charge in [0.2, 0.25) is 0 Å². The Morgan fingerprint density at radius 2 is 1.75 bits per heavy atom. The Balaban J connectivity index is 1.54. The summed E-state index contributed by atoms with van der Waals surface area (Å²) < 4.78 is 0. The van der Waals surface area contributed by atoms with Gasteiger partial charge in [0.25, 0.3) is 0 Å². The van der Waals surface area contributed by atoms with E-state index >= 15 is 0 Å². The lowest BCUT2D eigenvalue weighted by atomic mass is 10.2. The van der Waals surface area contributed by atoms with E-state index in [1.807, 2.05) is 54.6 Å². The first-order valence-electron chi connectivity index (χ1n) is 7.45. The van der Waals surface area contributed by atoms with Crippen LogP contribution in [0.3, 0.4) is 0 Å². The van der Waals surface area contributed by atoms with E-state index < -0.39 is 11.8 Å². The summed E-state index contributed by atoms with van der Waals surface area (Å²) in [6.07, 6.45) is 3.29. The molecule has 2 aromatic carbocycles. The molecule has 0 aliphatic heterocycles. The number of hydrazone groups is 1. The van der Waals surface area contributed by atoms with Gasteiger partial charge in [-0.3, -0.25) is 9.59 Å². The molecule has 0 aliphatic rings. The molecule has 24 heavy (non-hydrogen) atoms. The lowest BCUT2D eigenvalue weighted by Gasteiger charge is -2.03. The quantitative estimate of drug-likeness (QED) is 0.390. The number of nitrogens with one attached hydrogen (secondary N) is 3. The number of aromatic nitrogens is 1. The molecule has 0 saturated carbocycles. The molecule has 6 nitrogen and oxygen atoms in total. The first-order chi connectivity index (χ1) is 11.7. The van der Waals surface area contributed by atoms with Crippen molar-refractivity contribution in [3.8, 4) is 0 Å². The molecule has 3 N–H and O–H groups in total. The molecule has 1 aromatic heterocycles. The smallest absolute Gasteiger partial charge is 0.329 e. The number of para-hydroxylation sites is 1. The minimum Gasteiger partial charge on any atom is -0.361 e. The first kappa shape index (κ1) is 15.5. The van der Waals surface area contributed by atoms with Gasteiger partial charge in [-0.1, -0.05) is 48.5 Å². The Morgan fingerprint density at radius 1 is 1.00 bits per heavy atom. The fraction of sp³-hybridized carbons (Fsp3) is 0.0556. The van der Waals surface area contributed by atoms with E-state index in [9.17, 15) is 9.59 Å². The molecule has 6 heteroatoms. The van der Waals surface area contributed by atoms with Gasteiger partial charge in [-0.25, -0.2) is 5.43 Å². The van der Waals surface area contributed by atoms with E-state index in [0.29, 0.717) is 6.54 Å². The third-order valence-electron chi connectivity index (χ3n) is 3.49. The second-order valence-electron chi connectivity index (χ2n) is 5.16. The molecular weight excluding hydrogens is 304 g/mol. The normalized spacial score (nSPS) is 10.8. The van der Waals surface area contributed by atoms with Gasteiger partial charge in [0, 0.05) is 29.2 Å². The highest BCUT2D eigenvalue weighted by Gasteiger charge is 2.11. The molecule has 0 spiro atoms. The van der Waals surface area contributed by atoms with Crippen molar-refractivity contribution in [1.29, 1.82) is 0 Å². The van der Waals surface area contributed by atoms with Gasteiger partial charge in [0.15, 0.2) is 0 Å². The van der Waals surface area contributed by atoms with Gasteiger partial charge in [-0.2, -0.15) is 5.10 Å². The first-order valence-corrected chi connectivity index (χ1v) is 7.45. The Kier molecular flexibility index (Phi) is 4.67. The van der Waals surface area contributed by atoms with E-state index in [0.717, 1.165) is 22.0 Å². The predicted molar refractivity (Wildman–Crippen MR) is 92.3 cm³/mol. The monoisotopic (exact) mass is 320 g/mol. The van der Waals surface area contributed by atoms with Crippen molar-refractivity contribution >= 4 is 28.9 Å². The van der Waals surface area contributed by atoms with Crippen molar-refractivity contribution in [3.63, 3.8) is 0 Å². The summed E-state index contributed by atoms with van der Waals surface area (Å²) in [6.45, 7) is 0.291. The molecule has 0 atom stereocenters. The summed E-state index contributed by atoms with van der Waals surface area (Å²) >= 11 is 0. The second-order valence-corrected chi connectivity index (χ2v) is 5.16. The van der Waals surface area contributed by atoms with Crippen molar-refractivity contribution in [2.75, 3.05) is 0 Å². The highest BCUT2D eigenvalue weighted by Crippen LogP contribution is 2.15. The van der Waals surface area contributed by atoms with Gasteiger partial charge in [-0.15, -0.1) is 0 Å². The average molecular weight is 320 g/mol. The molecule has 3 aromatic rings. The molecule has 0 bridgehead atoms. The van der Waals surface area contributed by atoms with Gasteiger partial charge in [0.1, 0.15) is 0 Å². The van der Waals surface area contributed by atoms with Crippen LogP contribution in [0.5, 0.6) is 0 Å². The number of H-pyrrole nitrogens is 1. The maximum absolute atomic E-state index is 11.7. The fourth-order valence-corrected chi connectivity index (χ4v) is 2.27. The van der Waals surface area contributed by atoms with Crippen LogP contribution in [0.25, 0.3) is 10.9 Å². The average Bonchev–Trinajstić information content (AvgIpc) is 3.04. The third kappa shape index (κ3) is 3.67. The van der Waals surface area contributed by atoms with Crippen LogP contribution in [-0.4, -0.2) is 23.0 Å². The maximum Gasteiger partial charge on any atom is 0.329 e. The molecule has 1 heterocycles. The molecule has 0 aliphatic carbocycles. The molecule has 120 valence electrons. The van der Waals surface area contributed by atoms with Crippen molar-refractivity contribution in [2.45, 2.75) is 6.54 Å². The minimum absolute atomic E-state index is 0.291. The summed E-state index contributed by atoms with van der Waals surface area (Å²) in [6, 6.07) is 17.1. The van der Waals surface area contributed by atoms with Crippen molar-refractivity contribution < 1.29 is 9.59 Å². The van der Waals surface area contributed by atoms with E-state index in [4.69, 9.17) is 0 Å². The number of nitrogens with zero attached hydrogens (tertiary/aromatic N) is 1. The zero-order chi connectivity index (χ0) is 16.8. The third-order valence-corrected chi connectivity index (χ3v) is 3.49. The van der Waals surface area contributed by atoms with Gasteiger partial charge >= 0.3 is 11.8 Å². The van der Waals surface area contributed by atoms with Crippen molar-refractivity contribution in [3.05, 3.63) is 71.9 Å². The number of amides is 2. The van der Waals surface area contributed by atoms with Crippen molar-refractivity contribution in [1.82, 2.24) is 15.7 Å². The Labute approximate surface area is 138 Å². The van der Waals surface area contributed by atoms with Gasteiger partial charge in [0.05, 0.1) is 6.21 Å². The summed E-state index contributed by atoms with van der Waals surface area (Å²) in [5.74, 6) is -1.53. The SMILES string of the molecule is O=C(NCc1ccccc1)C(=O)NN=Cc1c[nH]c2ccccc12. The zero-order valence-corrected chi connectivity index (χ0v) is 12.8. The van der Waals surface area contributed by atoms with E-state index in [1.54, 1.807) is 6.20 Å². The van der Waals surface area contributed by atoms with E-state index in [1.165, 1.54) is 6.21 Å². The summed E-state index contributed by atoms with van der Waals surface area (Å²) in [4.78, 5) is 26.5. The number of fused-ring (bicyclic) bond motifs is 1. The van der Waals surface area contributed by atoms with Crippen LogP contribution < -0.4 is 10.7 Å². The van der Waals surface area contributed by atoms with Gasteiger partial charge in [-0.05, 0) is 11.6 Å². The number of carbonyl (C=O) groups excluding carboxylic acids is 2. The number of carbonyl (C=O) groups is 2. The zero-order valence-electron chi connectivity index (χ0n) is 12.8. The van der Waals surface area contributed by atoms with Crippen LogP contribution in [-0.2, 0) is 16.1 Å². The number of hydrogen-bond acceptors (Lipinski definition) is 3. The molecule has 0 fully saturated rings. The standard InChI is InChI=1S/C18H16N4O2/c23-17(20-10-13-6-2-1-3-7-13)18(24)22-21-12-14-11-19-16-9-5-4-8-15(14)16/h1-9,11-12,19H,10H2,(H,20,23)(H,22,24). The Bertz CT molecular complexity index is 884. The summed E-state index contributed by atoms with van der Waals surface area (Å²) in [5, 5.41) is 7.37. The molecule has 0 unspecified atom stereocenters. The van der Waals surface area contributed by atoms with Crippen LogP contribution >= 0.6 is 0 Å². The fourth-order valence-electron chi connectivity index (χ4n) is 2.27. The van der Waals surface area contributed by atoms with Crippen LogP contribution in [0.4, 0.5) is 0 Å². The van der Waals surface area contributed by atoms with Crippen LogP contribution in [0.15, 0.2) is 65.9 Å². The van der Waals surface area contributed by atoms with Crippen LogP contribution in [0, 0.1) is 0 Å². The highest BCUT2D eigenvalue weighted by atomic mass is 16.2. The second kappa shape index (κ2) is 7.23. The molecule has 0 saturated heterocycles. The van der Waals surface area contributed by atoms with E-state index in [-0.39, 0.29) is 0 Å². The topological polar surface area (TPSA) is 86.3 Å². The number of benzene rings is 2. The lowest BCUT2D eigenvalue weighted by Crippen LogP contribution is -2.37. The molecular formula is C18H16N4O2. The molecule has 2 amide bonds. The van der Waals surface area contributed by atoms with Crippen LogP contribution in [0.1, 0.15) is 11.1 Å². The largest absolute Gasteiger partial charge is 0.361 e. The van der Waals surface area contributed by atoms with E-state index in [2.05, 4.69) is 20.8 Å². The lowest BCUT2D eigenvalue weighted by molar-refractivity contribution is -0.139. The van der Waals surface area contributed by atoms with Crippen LogP contribution in [0.2, 0.25) is 0 Å². The summed E-state index contributed by atoms with van der Waals surface area (Å²) in [5.41, 5.74) is 4.95. The number of rotatable bonds is 4. The highest BCUT2D eigenvalue weighted by molar-refractivity contribution is 6.35. The maximum atomic E-state index is 11.7. The molecule has 3 rings (SSSR count). The Hall–Kier alpha value is -3.41. The van der Waals surface area contributed by atoms with Crippen molar-refractivity contribution in [2.24, 2.45) is 5.10 Å². The minimum atomic E-state index is -0.804. The summed E-state index contributed by atoms with van der Waals surface area (Å²) in [7, 11) is 0. The number of aromatic amines is 1.